The number of hydrogen-bond donors (Lipinski definition) is 1. The van der Waals surface area contributed by atoms with Gasteiger partial charge in [-0.3, -0.25) is 4.98 Å². The highest BCUT2D eigenvalue weighted by atomic mass is 32.1. The lowest BCUT2D eigenvalue weighted by atomic mass is 10.2. The molecule has 0 atom stereocenters. The number of rotatable bonds is 2. The molecule has 0 saturated heterocycles. The highest BCUT2D eigenvalue weighted by Gasteiger charge is 1.99. The molecule has 0 radical (unpaired) electrons. The van der Waals surface area contributed by atoms with Gasteiger partial charge in [-0.05, 0) is 11.6 Å². The van der Waals surface area contributed by atoms with Crippen LogP contribution >= 0.6 is 11.3 Å². The van der Waals surface area contributed by atoms with Crippen molar-refractivity contribution in [2.24, 2.45) is 0 Å². The Bertz CT molecular complexity index is 383. The van der Waals surface area contributed by atoms with Crippen LogP contribution in [0.15, 0.2) is 30.7 Å². The fourth-order valence-electron chi connectivity index (χ4n) is 1.11. The SMILES string of the molecule is Nc1ncc(Cc2cccnc2)s1. The molecule has 0 saturated carbocycles. The fourth-order valence-corrected chi connectivity index (χ4v) is 1.83. The maximum absolute atomic E-state index is 5.52. The predicted octanol–water partition coefficient (Wildman–Crippen LogP) is 1.71. The van der Waals surface area contributed by atoms with E-state index in [9.17, 15) is 0 Å². The van der Waals surface area contributed by atoms with Gasteiger partial charge in [-0.25, -0.2) is 4.98 Å². The van der Waals surface area contributed by atoms with Gasteiger partial charge < -0.3 is 5.73 Å². The first-order valence-corrected chi connectivity index (χ1v) is 4.75. The Balaban J connectivity index is 2.15. The van der Waals surface area contributed by atoms with E-state index in [1.54, 1.807) is 6.20 Å². The van der Waals surface area contributed by atoms with E-state index in [0.717, 1.165) is 6.42 Å². The molecule has 2 heterocycles. The number of nitrogens with zero attached hydrogens (tertiary/aromatic N) is 2. The van der Waals surface area contributed by atoms with E-state index >= 15 is 0 Å². The van der Waals surface area contributed by atoms with Crippen LogP contribution in [0.25, 0.3) is 0 Å². The molecular formula is C9H9N3S. The first kappa shape index (κ1) is 8.19. The molecule has 4 heteroatoms. The molecule has 0 unspecified atom stereocenters. The number of nitrogen functional groups attached to an aromatic ring is 1. The lowest BCUT2D eigenvalue weighted by Gasteiger charge is -1.94. The minimum atomic E-state index is 0.624. The van der Waals surface area contributed by atoms with Crippen LogP contribution < -0.4 is 5.73 Å². The van der Waals surface area contributed by atoms with Gasteiger partial charge in [0.2, 0.25) is 0 Å². The average molecular weight is 191 g/mol. The molecule has 0 aromatic carbocycles. The zero-order valence-electron chi connectivity index (χ0n) is 6.97. The monoisotopic (exact) mass is 191 g/mol. The summed E-state index contributed by atoms with van der Waals surface area (Å²) in [5.74, 6) is 0. The molecule has 2 N–H and O–H groups in total. The molecule has 0 amide bonds. The summed E-state index contributed by atoms with van der Waals surface area (Å²) in [6.45, 7) is 0. The van der Waals surface area contributed by atoms with Crippen molar-refractivity contribution < 1.29 is 0 Å². The van der Waals surface area contributed by atoms with Gasteiger partial charge in [0.05, 0.1) is 0 Å². The second-order valence-corrected chi connectivity index (χ2v) is 3.85. The van der Waals surface area contributed by atoms with Crippen LogP contribution in [0.2, 0.25) is 0 Å². The first-order valence-electron chi connectivity index (χ1n) is 3.93. The van der Waals surface area contributed by atoms with Crippen LogP contribution in [-0.2, 0) is 6.42 Å². The minimum Gasteiger partial charge on any atom is -0.375 e. The van der Waals surface area contributed by atoms with Crippen molar-refractivity contribution in [3.05, 3.63) is 41.2 Å². The molecule has 2 rings (SSSR count). The minimum absolute atomic E-state index is 0.624. The molecule has 0 spiro atoms. The Morgan fingerprint density at radius 3 is 2.92 bits per heavy atom. The van der Waals surface area contributed by atoms with Crippen LogP contribution in [0.4, 0.5) is 5.13 Å². The van der Waals surface area contributed by atoms with E-state index < -0.39 is 0 Å². The number of hydrogen-bond acceptors (Lipinski definition) is 4. The molecule has 0 aliphatic rings. The number of nitrogens with two attached hydrogens (primary N) is 1. The lowest BCUT2D eigenvalue weighted by molar-refractivity contribution is 1.16. The van der Waals surface area contributed by atoms with Crippen molar-refractivity contribution in [2.75, 3.05) is 5.73 Å². The zero-order valence-corrected chi connectivity index (χ0v) is 7.79. The van der Waals surface area contributed by atoms with Crippen molar-refractivity contribution in [3.63, 3.8) is 0 Å². The summed E-state index contributed by atoms with van der Waals surface area (Å²) >= 11 is 1.52. The topological polar surface area (TPSA) is 51.8 Å². The molecule has 2 aromatic heterocycles. The van der Waals surface area contributed by atoms with Gasteiger partial charge in [0.15, 0.2) is 5.13 Å². The third kappa shape index (κ3) is 2.03. The first-order chi connectivity index (χ1) is 6.34. The molecule has 2 aromatic rings. The van der Waals surface area contributed by atoms with E-state index in [1.165, 1.54) is 21.8 Å². The maximum Gasteiger partial charge on any atom is 0.180 e. The Labute approximate surface area is 80.3 Å². The average Bonchev–Trinajstić information content (AvgIpc) is 2.53. The molecule has 13 heavy (non-hydrogen) atoms. The van der Waals surface area contributed by atoms with Crippen molar-refractivity contribution in [1.82, 2.24) is 9.97 Å². The molecule has 66 valence electrons. The quantitative estimate of drug-likeness (QED) is 0.786. The summed E-state index contributed by atoms with van der Waals surface area (Å²) in [7, 11) is 0. The third-order valence-corrected chi connectivity index (χ3v) is 2.50. The second kappa shape index (κ2) is 3.53. The molecule has 0 aliphatic carbocycles. The van der Waals surface area contributed by atoms with Crippen molar-refractivity contribution >= 4 is 16.5 Å². The standard InChI is InChI=1S/C9H9N3S/c10-9-12-6-8(13-9)4-7-2-1-3-11-5-7/h1-3,5-6H,4H2,(H2,10,12). The van der Waals surface area contributed by atoms with Crippen LogP contribution in [-0.4, -0.2) is 9.97 Å². The summed E-state index contributed by atoms with van der Waals surface area (Å²) in [6.07, 6.45) is 6.30. The summed E-state index contributed by atoms with van der Waals surface area (Å²) < 4.78 is 0. The zero-order chi connectivity index (χ0) is 9.10. The summed E-state index contributed by atoms with van der Waals surface area (Å²) in [5.41, 5.74) is 6.71. The third-order valence-electron chi connectivity index (χ3n) is 1.67. The van der Waals surface area contributed by atoms with E-state index in [-0.39, 0.29) is 0 Å². The number of thiazole rings is 1. The fraction of sp³-hybridized carbons (Fsp3) is 0.111. The number of aromatic nitrogens is 2. The predicted molar refractivity (Wildman–Crippen MR) is 53.6 cm³/mol. The maximum atomic E-state index is 5.52. The van der Waals surface area contributed by atoms with Crippen LogP contribution in [0.5, 0.6) is 0 Å². The van der Waals surface area contributed by atoms with Crippen LogP contribution in [0, 0.1) is 0 Å². The number of pyridine rings is 1. The number of anilines is 1. The second-order valence-electron chi connectivity index (χ2n) is 2.70. The highest BCUT2D eigenvalue weighted by Crippen LogP contribution is 2.17. The van der Waals surface area contributed by atoms with Gasteiger partial charge in [0.25, 0.3) is 0 Å². The Kier molecular flexibility index (Phi) is 2.23. The molecular weight excluding hydrogens is 182 g/mol. The highest BCUT2D eigenvalue weighted by molar-refractivity contribution is 7.15. The van der Waals surface area contributed by atoms with Crippen LogP contribution in [0.3, 0.4) is 0 Å². The summed E-state index contributed by atoms with van der Waals surface area (Å²) in [5, 5.41) is 0.624. The molecule has 0 bridgehead atoms. The van der Waals surface area contributed by atoms with Crippen molar-refractivity contribution in [2.45, 2.75) is 6.42 Å². The summed E-state index contributed by atoms with van der Waals surface area (Å²) in [6, 6.07) is 3.97. The molecule has 0 fully saturated rings. The van der Waals surface area contributed by atoms with E-state index in [0.29, 0.717) is 5.13 Å². The normalized spacial score (nSPS) is 10.2. The largest absolute Gasteiger partial charge is 0.375 e. The summed E-state index contributed by atoms with van der Waals surface area (Å²) in [4.78, 5) is 9.20. The van der Waals surface area contributed by atoms with E-state index in [1.807, 2.05) is 24.5 Å². The Hall–Kier alpha value is -1.42. The Morgan fingerprint density at radius 2 is 2.31 bits per heavy atom. The van der Waals surface area contributed by atoms with Crippen molar-refractivity contribution in [3.8, 4) is 0 Å². The Morgan fingerprint density at radius 1 is 1.38 bits per heavy atom. The van der Waals surface area contributed by atoms with E-state index in [2.05, 4.69) is 9.97 Å². The van der Waals surface area contributed by atoms with Gasteiger partial charge >= 0.3 is 0 Å². The van der Waals surface area contributed by atoms with Crippen LogP contribution in [0.1, 0.15) is 10.4 Å². The van der Waals surface area contributed by atoms with E-state index in [4.69, 9.17) is 5.73 Å². The van der Waals surface area contributed by atoms with Gasteiger partial charge in [0.1, 0.15) is 0 Å². The molecule has 3 nitrogen and oxygen atoms in total. The van der Waals surface area contributed by atoms with Crippen molar-refractivity contribution in [1.29, 1.82) is 0 Å². The lowest BCUT2D eigenvalue weighted by Crippen LogP contribution is -1.84. The van der Waals surface area contributed by atoms with Gasteiger partial charge in [-0.2, -0.15) is 0 Å². The smallest absolute Gasteiger partial charge is 0.180 e. The van der Waals surface area contributed by atoms with Gasteiger partial charge in [0, 0.05) is 29.9 Å². The van der Waals surface area contributed by atoms with Gasteiger partial charge in [-0.15, -0.1) is 11.3 Å². The molecule has 0 aliphatic heterocycles. The van der Waals surface area contributed by atoms with Gasteiger partial charge in [-0.1, -0.05) is 6.07 Å².